The van der Waals surface area contributed by atoms with Crippen LogP contribution < -0.4 is 5.32 Å². The van der Waals surface area contributed by atoms with Gasteiger partial charge in [-0.15, -0.1) is 12.4 Å². The molecule has 2 rings (SSSR count). The first kappa shape index (κ1) is 16.7. The maximum absolute atomic E-state index is 12.6. The van der Waals surface area contributed by atoms with Crippen molar-refractivity contribution in [2.75, 3.05) is 52.4 Å². The molecule has 0 aromatic heterocycles. The lowest BCUT2D eigenvalue weighted by Crippen LogP contribution is -2.56. The summed E-state index contributed by atoms with van der Waals surface area (Å²) in [5.74, 6) is 0.304. The lowest BCUT2D eigenvalue weighted by Gasteiger charge is -2.41. The van der Waals surface area contributed by atoms with Crippen molar-refractivity contribution in [3.8, 4) is 0 Å². The second kappa shape index (κ2) is 7.43. The van der Waals surface area contributed by atoms with Crippen molar-refractivity contribution < 1.29 is 9.90 Å². The van der Waals surface area contributed by atoms with Crippen molar-refractivity contribution in [3.05, 3.63) is 0 Å². The minimum absolute atomic E-state index is 0. The fourth-order valence-electron chi connectivity index (χ4n) is 2.94. The summed E-state index contributed by atoms with van der Waals surface area (Å²) in [6, 6.07) is 0. The normalized spacial score (nSPS) is 28.8. The van der Waals surface area contributed by atoms with Gasteiger partial charge in [0.15, 0.2) is 0 Å². The van der Waals surface area contributed by atoms with Gasteiger partial charge in [-0.05, 0) is 26.3 Å². The van der Waals surface area contributed by atoms with Gasteiger partial charge < -0.3 is 15.3 Å². The van der Waals surface area contributed by atoms with Crippen LogP contribution in [0.4, 0.5) is 0 Å². The van der Waals surface area contributed by atoms with Crippen LogP contribution in [-0.4, -0.2) is 73.2 Å². The Morgan fingerprint density at radius 1 is 1.32 bits per heavy atom. The Morgan fingerprint density at radius 3 is 2.53 bits per heavy atom. The van der Waals surface area contributed by atoms with E-state index in [1.807, 2.05) is 4.90 Å². The molecule has 0 bridgehead atoms. The third-order valence-corrected chi connectivity index (χ3v) is 4.19. The number of aliphatic hydroxyl groups excluding tert-OH is 1. The quantitative estimate of drug-likeness (QED) is 0.765. The number of carbonyl (C=O) groups is 1. The molecule has 0 aromatic rings. The highest BCUT2D eigenvalue weighted by atomic mass is 35.5. The third-order valence-electron chi connectivity index (χ3n) is 4.19. The molecule has 2 heterocycles. The van der Waals surface area contributed by atoms with Gasteiger partial charge in [0.05, 0.1) is 12.0 Å². The number of rotatable bonds is 3. The zero-order chi connectivity index (χ0) is 13.0. The van der Waals surface area contributed by atoms with Crippen molar-refractivity contribution in [1.82, 2.24) is 15.1 Å². The van der Waals surface area contributed by atoms with Gasteiger partial charge in [-0.25, -0.2) is 0 Å². The predicted molar refractivity (Wildman–Crippen MR) is 77.6 cm³/mol. The fourth-order valence-corrected chi connectivity index (χ4v) is 2.94. The largest absolute Gasteiger partial charge is 0.395 e. The van der Waals surface area contributed by atoms with Gasteiger partial charge in [0.2, 0.25) is 5.91 Å². The Bertz CT molecular complexity index is 288. The Hall–Kier alpha value is -0.360. The summed E-state index contributed by atoms with van der Waals surface area (Å²) in [6.07, 6.45) is 2.09. The fraction of sp³-hybridized carbons (Fsp3) is 0.923. The summed E-state index contributed by atoms with van der Waals surface area (Å²) < 4.78 is 0. The van der Waals surface area contributed by atoms with Crippen LogP contribution in [0.2, 0.25) is 0 Å². The number of piperazine rings is 1. The Morgan fingerprint density at radius 2 is 2.00 bits per heavy atom. The van der Waals surface area contributed by atoms with Gasteiger partial charge in [-0.1, -0.05) is 0 Å². The number of aliphatic hydroxyl groups is 1. The maximum Gasteiger partial charge on any atom is 0.229 e. The first-order chi connectivity index (χ1) is 8.65. The molecule has 5 nitrogen and oxygen atoms in total. The number of β-amino-alcohol motifs (C(OH)–C–C–N with tert-alkyl or cyclic N) is 1. The summed E-state index contributed by atoms with van der Waals surface area (Å²) in [5.41, 5.74) is -0.211. The lowest BCUT2D eigenvalue weighted by atomic mass is 9.81. The molecule has 112 valence electrons. The van der Waals surface area contributed by atoms with E-state index < -0.39 is 0 Å². The average Bonchev–Trinajstić information content (AvgIpc) is 2.40. The van der Waals surface area contributed by atoms with E-state index in [2.05, 4.69) is 17.1 Å². The molecule has 0 aliphatic carbocycles. The molecule has 6 heteroatoms. The summed E-state index contributed by atoms with van der Waals surface area (Å²) in [5, 5.41) is 12.2. The van der Waals surface area contributed by atoms with Crippen LogP contribution in [0, 0.1) is 5.41 Å². The average molecular weight is 292 g/mol. The molecular weight excluding hydrogens is 266 g/mol. The Balaban J connectivity index is 0.00000180. The highest BCUT2D eigenvalue weighted by Crippen LogP contribution is 2.28. The lowest BCUT2D eigenvalue weighted by molar-refractivity contribution is -0.144. The Labute approximate surface area is 121 Å². The van der Waals surface area contributed by atoms with Crippen molar-refractivity contribution in [2.24, 2.45) is 5.41 Å². The highest BCUT2D eigenvalue weighted by Gasteiger charge is 2.38. The molecule has 1 unspecified atom stereocenters. The molecule has 2 aliphatic heterocycles. The topological polar surface area (TPSA) is 55.8 Å². The number of hydrogen-bond donors (Lipinski definition) is 2. The number of halogens is 1. The molecule has 0 spiro atoms. The van der Waals surface area contributed by atoms with E-state index in [1.165, 1.54) is 0 Å². The second-order valence-corrected chi connectivity index (χ2v) is 5.70. The molecule has 1 amide bonds. The SMILES string of the molecule is CC1(C(=O)N2CCN(CCO)CC2)CCCNC1.Cl. The Kier molecular flexibility index (Phi) is 6.53. The highest BCUT2D eigenvalue weighted by molar-refractivity contribution is 5.85. The molecule has 2 N–H and O–H groups in total. The minimum Gasteiger partial charge on any atom is -0.395 e. The number of amides is 1. The minimum atomic E-state index is -0.211. The van der Waals surface area contributed by atoms with Crippen molar-refractivity contribution in [3.63, 3.8) is 0 Å². The first-order valence-electron chi connectivity index (χ1n) is 6.99. The van der Waals surface area contributed by atoms with Crippen molar-refractivity contribution in [1.29, 1.82) is 0 Å². The molecular formula is C13H26ClN3O2. The first-order valence-corrected chi connectivity index (χ1v) is 6.99. The molecule has 0 saturated carbocycles. The smallest absolute Gasteiger partial charge is 0.229 e. The van der Waals surface area contributed by atoms with Crippen LogP contribution >= 0.6 is 12.4 Å². The third kappa shape index (κ3) is 4.05. The van der Waals surface area contributed by atoms with Gasteiger partial charge in [0.1, 0.15) is 0 Å². The zero-order valence-corrected chi connectivity index (χ0v) is 12.5. The van der Waals surface area contributed by atoms with Crippen LogP contribution in [-0.2, 0) is 4.79 Å². The van der Waals surface area contributed by atoms with Crippen LogP contribution in [0.3, 0.4) is 0 Å². The van der Waals surface area contributed by atoms with E-state index in [0.29, 0.717) is 5.91 Å². The zero-order valence-electron chi connectivity index (χ0n) is 11.7. The van der Waals surface area contributed by atoms with E-state index in [1.54, 1.807) is 0 Å². The van der Waals surface area contributed by atoms with E-state index in [9.17, 15) is 4.79 Å². The van der Waals surface area contributed by atoms with Crippen molar-refractivity contribution >= 4 is 18.3 Å². The van der Waals surface area contributed by atoms with Crippen LogP contribution in [0.25, 0.3) is 0 Å². The summed E-state index contributed by atoms with van der Waals surface area (Å²) >= 11 is 0. The van der Waals surface area contributed by atoms with Crippen LogP contribution in [0.15, 0.2) is 0 Å². The number of carbonyl (C=O) groups excluding carboxylic acids is 1. The molecule has 19 heavy (non-hydrogen) atoms. The van der Waals surface area contributed by atoms with E-state index in [-0.39, 0.29) is 24.4 Å². The van der Waals surface area contributed by atoms with Gasteiger partial charge in [0, 0.05) is 39.3 Å². The van der Waals surface area contributed by atoms with E-state index in [4.69, 9.17) is 5.11 Å². The molecule has 2 aliphatic rings. The maximum atomic E-state index is 12.6. The second-order valence-electron chi connectivity index (χ2n) is 5.70. The number of nitrogens with one attached hydrogen (secondary N) is 1. The van der Waals surface area contributed by atoms with Gasteiger partial charge in [-0.2, -0.15) is 0 Å². The number of piperidine rings is 1. The molecule has 0 radical (unpaired) electrons. The van der Waals surface area contributed by atoms with Crippen LogP contribution in [0.5, 0.6) is 0 Å². The summed E-state index contributed by atoms with van der Waals surface area (Å²) in [4.78, 5) is 16.8. The summed E-state index contributed by atoms with van der Waals surface area (Å²) in [7, 11) is 0. The standard InChI is InChI=1S/C13H25N3O2.ClH/c1-13(3-2-4-14-11-13)12(18)16-7-5-15(6-8-16)9-10-17;/h14,17H,2-11H2,1H3;1H. The molecule has 1 atom stereocenters. The molecule has 2 saturated heterocycles. The van der Waals surface area contributed by atoms with Gasteiger partial charge in [-0.3, -0.25) is 9.69 Å². The van der Waals surface area contributed by atoms with E-state index >= 15 is 0 Å². The van der Waals surface area contributed by atoms with Gasteiger partial charge in [0.25, 0.3) is 0 Å². The number of nitrogens with zero attached hydrogens (tertiary/aromatic N) is 2. The molecule has 2 fully saturated rings. The van der Waals surface area contributed by atoms with Gasteiger partial charge >= 0.3 is 0 Å². The van der Waals surface area contributed by atoms with Crippen LogP contribution in [0.1, 0.15) is 19.8 Å². The summed E-state index contributed by atoms with van der Waals surface area (Å²) in [6.45, 7) is 8.22. The monoisotopic (exact) mass is 291 g/mol. The molecule has 0 aromatic carbocycles. The number of hydrogen-bond acceptors (Lipinski definition) is 4. The van der Waals surface area contributed by atoms with E-state index in [0.717, 1.165) is 58.7 Å². The van der Waals surface area contributed by atoms with Crippen molar-refractivity contribution in [2.45, 2.75) is 19.8 Å². The predicted octanol–water partition coefficient (Wildman–Crippen LogP) is -0.0656.